The van der Waals surface area contributed by atoms with Crippen LogP contribution in [0.15, 0.2) is 36.5 Å². The number of esters is 1. The molecule has 11 nitrogen and oxygen atoms in total. The highest BCUT2D eigenvalue weighted by Crippen LogP contribution is 2.23. The molecule has 83 heavy (non-hydrogen) atoms. The summed E-state index contributed by atoms with van der Waals surface area (Å²) in [7, 11) is 0. The Balaban J connectivity index is 1.90. The minimum atomic E-state index is -1.57. The number of aliphatic hydroxyl groups is 5. The predicted octanol–water partition coefficient (Wildman–Crippen LogP) is 18.2. The maximum Gasteiger partial charge on any atom is 0.305 e. The Kier molecular flexibility index (Phi) is 58.5. The maximum absolute atomic E-state index is 13.0. The molecule has 1 saturated heterocycles. The largest absolute Gasteiger partial charge is 0.466 e. The van der Waals surface area contributed by atoms with Crippen LogP contribution in [0.1, 0.15) is 348 Å². The van der Waals surface area contributed by atoms with Gasteiger partial charge in [-0.25, -0.2) is 0 Å². The fourth-order valence-corrected chi connectivity index (χ4v) is 11.3. The Morgan fingerprint density at radius 1 is 0.434 bits per heavy atom. The van der Waals surface area contributed by atoms with Gasteiger partial charge in [-0.1, -0.05) is 301 Å². The van der Waals surface area contributed by atoms with Gasteiger partial charge in [0.05, 0.1) is 32.0 Å². The highest BCUT2D eigenvalue weighted by atomic mass is 16.7. The van der Waals surface area contributed by atoms with Crippen LogP contribution in [0.25, 0.3) is 0 Å². The van der Waals surface area contributed by atoms with Crippen molar-refractivity contribution in [2.24, 2.45) is 0 Å². The molecule has 1 aliphatic rings. The fraction of sp³-hybridized carbons (Fsp3) is 0.889. The molecule has 0 spiro atoms. The number of aliphatic hydroxyl groups excluding tert-OH is 5. The molecule has 6 N–H and O–H groups in total. The summed E-state index contributed by atoms with van der Waals surface area (Å²) in [6.45, 7) is 4.31. The molecule has 0 bridgehead atoms. The summed E-state index contributed by atoms with van der Waals surface area (Å²) in [5.74, 6) is -0.180. The molecule has 0 radical (unpaired) electrons. The minimum absolute atomic E-state index is 0.0123. The molecule has 7 unspecified atom stereocenters. The van der Waals surface area contributed by atoms with Gasteiger partial charge in [-0.15, -0.1) is 0 Å². The first kappa shape index (κ1) is 78.9. The number of unbranched alkanes of at least 4 members (excludes halogenated alkanes) is 45. The summed E-state index contributed by atoms with van der Waals surface area (Å²) in [6.07, 6.45) is 68.8. The number of carbonyl (C=O) groups is 2. The van der Waals surface area contributed by atoms with E-state index in [2.05, 4.69) is 43.5 Å². The minimum Gasteiger partial charge on any atom is -0.466 e. The molecular weight excluding hydrogens is 1040 g/mol. The summed E-state index contributed by atoms with van der Waals surface area (Å²) in [5.41, 5.74) is 0. The van der Waals surface area contributed by atoms with E-state index in [-0.39, 0.29) is 18.5 Å². The van der Waals surface area contributed by atoms with Gasteiger partial charge in [-0.2, -0.15) is 0 Å². The zero-order chi connectivity index (χ0) is 60.2. The first-order chi connectivity index (χ1) is 40.7. The zero-order valence-corrected chi connectivity index (χ0v) is 54.2. The standard InChI is InChI=1S/C72H135NO10/c1-3-5-7-9-11-13-14-15-16-34-37-40-44-48-52-56-60-68(77)81-61-57-53-49-45-41-38-35-32-30-28-26-24-22-20-18-17-19-21-23-25-27-29-31-33-36-39-43-47-51-55-59-67(76)73-64(65(75)58-54-50-46-42-12-10-8-6-4-2)63-82-72-71(80)70(79)69(78)66(62-74)83-72/h12,18,20,42,54,58,64-66,69-72,74-75,78-80H,3-11,13-17,19,21-41,43-53,55-57,59-63H2,1-2H3,(H,73,76)/b20-18-,42-12+,58-54+. The van der Waals surface area contributed by atoms with Gasteiger partial charge < -0.3 is 45.1 Å². The molecule has 1 rings (SSSR count). The van der Waals surface area contributed by atoms with Crippen molar-refractivity contribution in [1.29, 1.82) is 0 Å². The average Bonchev–Trinajstić information content (AvgIpc) is 3.65. The molecule has 7 atom stereocenters. The number of hydrogen-bond donors (Lipinski definition) is 6. The molecule has 0 aliphatic carbocycles. The van der Waals surface area contributed by atoms with E-state index < -0.39 is 49.5 Å². The van der Waals surface area contributed by atoms with E-state index in [1.165, 1.54) is 270 Å². The van der Waals surface area contributed by atoms with Crippen molar-refractivity contribution in [1.82, 2.24) is 5.32 Å². The number of allylic oxidation sites excluding steroid dienone is 5. The number of ether oxygens (including phenoxy) is 3. The number of amides is 1. The molecule has 1 heterocycles. The monoisotopic (exact) mass is 1170 g/mol. The van der Waals surface area contributed by atoms with Crippen LogP contribution < -0.4 is 5.32 Å². The molecule has 1 aliphatic heterocycles. The highest BCUT2D eigenvalue weighted by molar-refractivity contribution is 5.76. The van der Waals surface area contributed by atoms with E-state index in [1.54, 1.807) is 6.08 Å². The van der Waals surface area contributed by atoms with Crippen molar-refractivity contribution >= 4 is 11.9 Å². The van der Waals surface area contributed by atoms with Gasteiger partial charge in [-0.3, -0.25) is 9.59 Å². The third-order valence-corrected chi connectivity index (χ3v) is 17.0. The Morgan fingerprint density at radius 3 is 1.22 bits per heavy atom. The molecule has 0 aromatic heterocycles. The van der Waals surface area contributed by atoms with E-state index in [1.807, 2.05) is 6.08 Å². The molecule has 0 aromatic carbocycles. The smallest absolute Gasteiger partial charge is 0.305 e. The van der Waals surface area contributed by atoms with Crippen LogP contribution in [-0.4, -0.2) is 100 Å². The van der Waals surface area contributed by atoms with Crippen molar-refractivity contribution < 1.29 is 49.3 Å². The SMILES string of the molecule is CCCCC/C=C/CC/C=C/C(O)C(COC1OC(CO)C(O)C(O)C1O)NC(=O)CCCCCCCCCCCCCCCC/C=C\CCCCCCCCCCCCCCOC(=O)CCCCCCCCCCCCCCCCCC. The number of carbonyl (C=O) groups excluding carboxylic acids is 2. The number of nitrogens with one attached hydrogen (secondary N) is 1. The summed E-state index contributed by atoms with van der Waals surface area (Å²) in [6, 6.07) is -0.825. The third-order valence-electron chi connectivity index (χ3n) is 17.0. The lowest BCUT2D eigenvalue weighted by Crippen LogP contribution is -2.60. The quantitative estimate of drug-likeness (QED) is 0.0195. The van der Waals surface area contributed by atoms with Crippen LogP contribution in [-0.2, 0) is 23.8 Å². The van der Waals surface area contributed by atoms with Gasteiger partial charge in [0.15, 0.2) is 6.29 Å². The van der Waals surface area contributed by atoms with Crippen LogP contribution in [0.2, 0.25) is 0 Å². The van der Waals surface area contributed by atoms with Gasteiger partial charge in [0.2, 0.25) is 5.91 Å². The summed E-state index contributed by atoms with van der Waals surface area (Å²) < 4.78 is 16.7. The second-order valence-electron chi connectivity index (χ2n) is 24.9. The molecule has 0 saturated carbocycles. The number of rotatable bonds is 63. The first-order valence-corrected chi connectivity index (χ1v) is 35.8. The molecule has 488 valence electrons. The second-order valence-corrected chi connectivity index (χ2v) is 24.9. The average molecular weight is 1170 g/mol. The molecular formula is C72H135NO10. The van der Waals surface area contributed by atoms with E-state index in [0.29, 0.717) is 19.4 Å². The Hall–Kier alpha value is -2.12. The van der Waals surface area contributed by atoms with Crippen molar-refractivity contribution in [2.45, 2.75) is 391 Å². The van der Waals surface area contributed by atoms with Gasteiger partial charge in [0, 0.05) is 12.8 Å². The van der Waals surface area contributed by atoms with Crippen molar-refractivity contribution in [2.75, 3.05) is 19.8 Å². The summed E-state index contributed by atoms with van der Waals surface area (Å²) in [5, 5.41) is 54.2. The Bertz CT molecular complexity index is 1470. The van der Waals surface area contributed by atoms with E-state index in [4.69, 9.17) is 14.2 Å². The van der Waals surface area contributed by atoms with Gasteiger partial charge in [0.1, 0.15) is 24.4 Å². The maximum atomic E-state index is 13.0. The van der Waals surface area contributed by atoms with E-state index >= 15 is 0 Å². The van der Waals surface area contributed by atoms with Gasteiger partial charge >= 0.3 is 5.97 Å². The Labute approximate surface area is 511 Å². The van der Waals surface area contributed by atoms with Crippen LogP contribution in [0.4, 0.5) is 0 Å². The van der Waals surface area contributed by atoms with Crippen LogP contribution in [0, 0.1) is 0 Å². The topological polar surface area (TPSA) is 175 Å². The van der Waals surface area contributed by atoms with Crippen molar-refractivity contribution in [3.05, 3.63) is 36.5 Å². The van der Waals surface area contributed by atoms with Gasteiger partial charge in [-0.05, 0) is 70.6 Å². The van der Waals surface area contributed by atoms with Crippen LogP contribution >= 0.6 is 0 Å². The summed E-state index contributed by atoms with van der Waals surface area (Å²) >= 11 is 0. The normalized spacial score (nSPS) is 18.3. The van der Waals surface area contributed by atoms with Gasteiger partial charge in [0.25, 0.3) is 0 Å². The lowest BCUT2D eigenvalue weighted by Gasteiger charge is -2.40. The predicted molar refractivity (Wildman–Crippen MR) is 347 cm³/mol. The lowest BCUT2D eigenvalue weighted by molar-refractivity contribution is -0.302. The second kappa shape index (κ2) is 61.5. The van der Waals surface area contributed by atoms with E-state index in [0.717, 1.165) is 51.4 Å². The van der Waals surface area contributed by atoms with Crippen LogP contribution in [0.3, 0.4) is 0 Å². The number of hydrogen-bond acceptors (Lipinski definition) is 10. The van der Waals surface area contributed by atoms with Crippen molar-refractivity contribution in [3.63, 3.8) is 0 Å². The van der Waals surface area contributed by atoms with E-state index in [9.17, 15) is 35.1 Å². The zero-order valence-electron chi connectivity index (χ0n) is 54.2. The molecule has 0 aromatic rings. The highest BCUT2D eigenvalue weighted by Gasteiger charge is 2.44. The first-order valence-electron chi connectivity index (χ1n) is 35.8. The fourth-order valence-electron chi connectivity index (χ4n) is 11.3. The third kappa shape index (κ3) is 50.6. The Morgan fingerprint density at radius 2 is 0.783 bits per heavy atom. The molecule has 1 amide bonds. The lowest BCUT2D eigenvalue weighted by atomic mass is 9.99. The van der Waals surface area contributed by atoms with Crippen molar-refractivity contribution in [3.8, 4) is 0 Å². The summed E-state index contributed by atoms with van der Waals surface area (Å²) in [4.78, 5) is 25.1. The molecule has 1 fully saturated rings. The molecule has 11 heteroatoms. The van der Waals surface area contributed by atoms with Crippen LogP contribution in [0.5, 0.6) is 0 Å².